The zero-order valence-electron chi connectivity index (χ0n) is 14.8. The molecule has 0 N–H and O–H groups in total. The van der Waals surface area contributed by atoms with E-state index in [9.17, 15) is 0 Å². The second-order valence-electron chi connectivity index (χ2n) is 7.08. The monoisotopic (exact) mass is 330 g/mol. The molecule has 0 saturated carbocycles. The van der Waals surface area contributed by atoms with E-state index in [0.29, 0.717) is 0 Å². The van der Waals surface area contributed by atoms with Gasteiger partial charge in [-0.05, 0) is 33.4 Å². The van der Waals surface area contributed by atoms with Crippen molar-refractivity contribution in [1.82, 2.24) is 0 Å². The molecule has 0 bridgehead atoms. The number of hydrogen-bond donors (Lipinski definition) is 0. The van der Waals surface area contributed by atoms with Gasteiger partial charge >= 0.3 is 0 Å². The molecule has 5 rings (SSSR count). The zero-order chi connectivity index (χ0) is 17.6. The lowest BCUT2D eigenvalue weighted by molar-refractivity contribution is 0.769. The minimum atomic E-state index is -0.263. The predicted molar refractivity (Wildman–Crippen MR) is 112 cm³/mol. The molecule has 0 amide bonds. The Morgan fingerprint density at radius 1 is 0.500 bits per heavy atom. The topological polar surface area (TPSA) is 0 Å². The van der Waals surface area contributed by atoms with Gasteiger partial charge in [-0.3, -0.25) is 0 Å². The Bertz CT molecular complexity index is 1040. The third kappa shape index (κ3) is 1.98. The van der Waals surface area contributed by atoms with Gasteiger partial charge in [-0.1, -0.05) is 109 Å². The number of rotatable bonds is 2. The number of fused-ring (bicyclic) bond motifs is 3. The van der Waals surface area contributed by atoms with E-state index in [1.165, 1.54) is 38.8 Å². The lowest BCUT2D eigenvalue weighted by Gasteiger charge is -2.34. The summed E-state index contributed by atoms with van der Waals surface area (Å²) in [6, 6.07) is 37.6. The van der Waals surface area contributed by atoms with Gasteiger partial charge in [0, 0.05) is 0 Å². The van der Waals surface area contributed by atoms with E-state index >= 15 is 0 Å². The summed E-state index contributed by atoms with van der Waals surface area (Å²) in [6.07, 6.45) is 0. The maximum absolute atomic E-state index is 2.37. The molecule has 0 aromatic heterocycles. The van der Waals surface area contributed by atoms with Crippen LogP contribution in [0.1, 0.15) is 22.3 Å². The minimum absolute atomic E-state index is 0.263. The Morgan fingerprint density at radius 2 is 1.04 bits per heavy atom. The molecule has 0 saturated heterocycles. The van der Waals surface area contributed by atoms with Gasteiger partial charge in [0.1, 0.15) is 7.85 Å². The minimum Gasteiger partial charge on any atom is -0.0886 e. The number of benzene rings is 4. The highest BCUT2D eigenvalue weighted by Gasteiger charge is 2.45. The van der Waals surface area contributed by atoms with Crippen molar-refractivity contribution in [2.75, 3.05) is 0 Å². The smallest absolute Gasteiger partial charge is 0.0886 e. The van der Waals surface area contributed by atoms with Crippen molar-refractivity contribution in [2.45, 2.75) is 5.41 Å². The summed E-state index contributed by atoms with van der Waals surface area (Å²) in [7, 11) is 2.18. The van der Waals surface area contributed by atoms with Gasteiger partial charge < -0.3 is 0 Å². The quantitative estimate of drug-likeness (QED) is 0.423. The summed E-state index contributed by atoms with van der Waals surface area (Å²) in [6.45, 7) is 0. The number of hydrogen-bond acceptors (Lipinski definition) is 0. The first kappa shape index (κ1) is 15.2. The van der Waals surface area contributed by atoms with E-state index in [1.807, 2.05) is 0 Å². The van der Waals surface area contributed by atoms with Crippen LogP contribution in [0, 0.1) is 0 Å². The van der Waals surface area contributed by atoms with E-state index < -0.39 is 0 Å². The molecule has 0 nitrogen and oxygen atoms in total. The molecular formula is C25H19B. The molecule has 0 heterocycles. The molecule has 1 aliphatic rings. The van der Waals surface area contributed by atoms with E-state index in [1.54, 1.807) is 0 Å². The molecule has 1 heteroatoms. The van der Waals surface area contributed by atoms with E-state index in [2.05, 4.69) is 111 Å². The van der Waals surface area contributed by atoms with E-state index in [-0.39, 0.29) is 5.41 Å². The van der Waals surface area contributed by atoms with Crippen LogP contribution in [-0.4, -0.2) is 7.85 Å². The summed E-state index contributed by atoms with van der Waals surface area (Å²) in [5.74, 6) is 0. The van der Waals surface area contributed by atoms with Crippen molar-refractivity contribution in [3.8, 4) is 11.1 Å². The third-order valence-corrected chi connectivity index (χ3v) is 5.61. The Balaban J connectivity index is 1.99. The molecule has 0 atom stereocenters. The normalized spacial score (nSPS) is 13.8. The van der Waals surface area contributed by atoms with Gasteiger partial charge in [0.05, 0.1) is 5.41 Å². The van der Waals surface area contributed by atoms with Crippen molar-refractivity contribution in [3.63, 3.8) is 0 Å². The average molecular weight is 330 g/mol. The third-order valence-electron chi connectivity index (χ3n) is 5.61. The van der Waals surface area contributed by atoms with Gasteiger partial charge in [0.2, 0.25) is 0 Å². The van der Waals surface area contributed by atoms with Crippen LogP contribution in [0.5, 0.6) is 0 Å². The van der Waals surface area contributed by atoms with Gasteiger partial charge in [0.25, 0.3) is 0 Å². The fourth-order valence-corrected chi connectivity index (χ4v) is 4.56. The zero-order valence-corrected chi connectivity index (χ0v) is 14.8. The van der Waals surface area contributed by atoms with Crippen LogP contribution in [0.25, 0.3) is 11.1 Å². The maximum atomic E-state index is 2.37. The highest BCUT2D eigenvalue weighted by atomic mass is 14.5. The fourth-order valence-electron chi connectivity index (χ4n) is 4.56. The molecule has 0 aliphatic heterocycles. The summed E-state index contributed by atoms with van der Waals surface area (Å²) < 4.78 is 0. The molecule has 4 aromatic rings. The van der Waals surface area contributed by atoms with Crippen LogP contribution < -0.4 is 5.46 Å². The fraction of sp³-hybridized carbons (Fsp3) is 0.0400. The molecule has 122 valence electrons. The Kier molecular flexibility index (Phi) is 3.36. The van der Waals surface area contributed by atoms with Crippen molar-refractivity contribution >= 4 is 13.3 Å². The van der Waals surface area contributed by atoms with Crippen molar-refractivity contribution in [3.05, 3.63) is 125 Å². The summed E-state index contributed by atoms with van der Waals surface area (Å²) >= 11 is 0. The molecule has 0 radical (unpaired) electrons. The van der Waals surface area contributed by atoms with E-state index in [4.69, 9.17) is 0 Å². The molecule has 26 heavy (non-hydrogen) atoms. The average Bonchev–Trinajstić information content (AvgIpc) is 3.00. The molecule has 4 aromatic carbocycles. The van der Waals surface area contributed by atoms with E-state index in [0.717, 1.165) is 0 Å². The summed E-state index contributed by atoms with van der Waals surface area (Å²) in [5.41, 5.74) is 9.13. The Morgan fingerprint density at radius 3 is 1.69 bits per heavy atom. The molecule has 1 aliphatic carbocycles. The van der Waals surface area contributed by atoms with Crippen molar-refractivity contribution in [1.29, 1.82) is 0 Å². The van der Waals surface area contributed by atoms with Gasteiger partial charge in [-0.15, -0.1) is 0 Å². The standard InChI is InChI=1S/C25H19B/c26-20-15-16-22-21-13-7-8-14-23(21)25(24(22)17-20,18-9-3-1-4-10-18)19-11-5-2-6-12-19/h1-17H,26H2. The van der Waals surface area contributed by atoms with Crippen LogP contribution >= 0.6 is 0 Å². The van der Waals surface area contributed by atoms with Crippen LogP contribution in [0.15, 0.2) is 103 Å². The first-order valence-electron chi connectivity index (χ1n) is 9.14. The highest BCUT2D eigenvalue weighted by Crippen LogP contribution is 2.55. The second-order valence-corrected chi connectivity index (χ2v) is 7.08. The predicted octanol–water partition coefficient (Wildman–Crippen LogP) is 4.31. The molecule has 0 unspecified atom stereocenters. The van der Waals surface area contributed by atoms with Gasteiger partial charge in [-0.2, -0.15) is 0 Å². The summed E-state index contributed by atoms with van der Waals surface area (Å²) in [5, 5.41) is 0. The van der Waals surface area contributed by atoms with Gasteiger partial charge in [0.15, 0.2) is 0 Å². The van der Waals surface area contributed by atoms with Crippen LogP contribution in [-0.2, 0) is 5.41 Å². The SMILES string of the molecule is Bc1ccc2c(c1)C(c1ccccc1)(c1ccccc1)c1ccccc1-2. The van der Waals surface area contributed by atoms with Crippen LogP contribution in [0.3, 0.4) is 0 Å². The maximum Gasteiger partial charge on any atom is 0.139 e. The Labute approximate surface area is 155 Å². The van der Waals surface area contributed by atoms with Crippen LogP contribution in [0.4, 0.5) is 0 Å². The first-order valence-corrected chi connectivity index (χ1v) is 9.14. The Hall–Kier alpha value is -3.06. The van der Waals surface area contributed by atoms with Crippen LogP contribution in [0.2, 0.25) is 0 Å². The lowest BCUT2D eigenvalue weighted by Crippen LogP contribution is -2.29. The first-order chi connectivity index (χ1) is 12.8. The lowest BCUT2D eigenvalue weighted by atomic mass is 9.67. The van der Waals surface area contributed by atoms with Crippen molar-refractivity contribution in [2.24, 2.45) is 0 Å². The summed E-state index contributed by atoms with van der Waals surface area (Å²) in [4.78, 5) is 0. The molecule has 0 spiro atoms. The molecular weight excluding hydrogens is 311 g/mol. The van der Waals surface area contributed by atoms with Gasteiger partial charge in [-0.25, -0.2) is 0 Å². The van der Waals surface area contributed by atoms with Crippen molar-refractivity contribution < 1.29 is 0 Å². The molecule has 0 fully saturated rings. The largest absolute Gasteiger partial charge is 0.139 e. The highest BCUT2D eigenvalue weighted by molar-refractivity contribution is 6.32. The second kappa shape index (κ2) is 5.74.